The number of anilines is 1. The Morgan fingerprint density at radius 3 is 2.88 bits per heavy atom. The Bertz CT molecular complexity index is 919. The van der Waals surface area contributed by atoms with Gasteiger partial charge in [0.05, 0.1) is 0 Å². The van der Waals surface area contributed by atoms with E-state index in [9.17, 15) is 9.59 Å². The van der Waals surface area contributed by atoms with Gasteiger partial charge in [-0.15, -0.1) is 0 Å². The number of carbonyl (C=O) groups is 2. The molecule has 1 unspecified atom stereocenters. The summed E-state index contributed by atoms with van der Waals surface area (Å²) in [6.07, 6.45) is 6.10. The SMILES string of the molecule is O=C(Nc1ccncc1)C1CCC(=O)N1Cc1c[nH]c2ccccc12. The molecule has 6 nitrogen and oxygen atoms in total. The molecule has 6 heteroatoms. The number of fused-ring (bicyclic) bond motifs is 1. The van der Waals surface area contributed by atoms with Crippen LogP contribution in [0.25, 0.3) is 10.9 Å². The van der Waals surface area contributed by atoms with Crippen molar-refractivity contribution in [2.45, 2.75) is 25.4 Å². The number of para-hydroxylation sites is 1. The van der Waals surface area contributed by atoms with Gasteiger partial charge in [-0.1, -0.05) is 18.2 Å². The molecule has 1 saturated heterocycles. The van der Waals surface area contributed by atoms with Crippen molar-refractivity contribution >= 4 is 28.4 Å². The van der Waals surface area contributed by atoms with Gasteiger partial charge in [0.2, 0.25) is 11.8 Å². The zero-order chi connectivity index (χ0) is 17.2. The molecule has 2 aromatic heterocycles. The van der Waals surface area contributed by atoms with E-state index < -0.39 is 6.04 Å². The van der Waals surface area contributed by atoms with E-state index in [1.165, 1.54) is 0 Å². The van der Waals surface area contributed by atoms with E-state index in [0.29, 0.717) is 25.1 Å². The Kier molecular flexibility index (Phi) is 3.93. The summed E-state index contributed by atoms with van der Waals surface area (Å²) in [4.78, 5) is 33.8. The zero-order valence-corrected chi connectivity index (χ0v) is 13.6. The largest absolute Gasteiger partial charge is 0.361 e. The highest BCUT2D eigenvalue weighted by atomic mass is 16.2. The standard InChI is InChI=1S/C19H18N4O2/c24-18-6-5-17(19(25)22-14-7-9-20-10-8-14)23(18)12-13-11-21-16-4-2-1-3-15(13)16/h1-4,7-11,17,21H,5-6,12H2,(H,20,22,25). The number of nitrogens with zero attached hydrogens (tertiary/aromatic N) is 2. The minimum absolute atomic E-state index is 0.0140. The van der Waals surface area contributed by atoms with Crippen LogP contribution < -0.4 is 5.32 Å². The molecular formula is C19H18N4O2. The summed E-state index contributed by atoms with van der Waals surface area (Å²) in [5, 5.41) is 3.95. The third-order valence-electron chi connectivity index (χ3n) is 4.59. The molecule has 1 aromatic carbocycles. The fourth-order valence-corrected chi connectivity index (χ4v) is 3.31. The molecular weight excluding hydrogens is 316 g/mol. The highest BCUT2D eigenvalue weighted by Gasteiger charge is 2.36. The maximum Gasteiger partial charge on any atom is 0.247 e. The highest BCUT2D eigenvalue weighted by molar-refractivity contribution is 5.99. The monoisotopic (exact) mass is 334 g/mol. The maximum absolute atomic E-state index is 12.6. The number of rotatable bonds is 4. The third-order valence-corrected chi connectivity index (χ3v) is 4.59. The summed E-state index contributed by atoms with van der Waals surface area (Å²) in [7, 11) is 0. The minimum atomic E-state index is -0.450. The lowest BCUT2D eigenvalue weighted by molar-refractivity contribution is -0.133. The van der Waals surface area contributed by atoms with Crippen molar-refractivity contribution in [3.63, 3.8) is 0 Å². The number of amides is 2. The van der Waals surface area contributed by atoms with Crippen LogP contribution in [0.3, 0.4) is 0 Å². The predicted molar refractivity (Wildman–Crippen MR) is 94.7 cm³/mol. The fraction of sp³-hybridized carbons (Fsp3) is 0.211. The van der Waals surface area contributed by atoms with Crippen LogP contribution in [0.4, 0.5) is 5.69 Å². The number of benzene rings is 1. The first-order valence-corrected chi connectivity index (χ1v) is 8.28. The van der Waals surface area contributed by atoms with Crippen LogP contribution in [0.15, 0.2) is 55.0 Å². The molecule has 2 N–H and O–H groups in total. The molecule has 1 aliphatic rings. The summed E-state index contributed by atoms with van der Waals surface area (Å²) in [5.74, 6) is -0.142. The molecule has 2 amide bonds. The number of pyridine rings is 1. The Labute approximate surface area is 144 Å². The van der Waals surface area contributed by atoms with Crippen molar-refractivity contribution in [3.8, 4) is 0 Å². The van der Waals surface area contributed by atoms with Gasteiger partial charge in [-0.3, -0.25) is 14.6 Å². The summed E-state index contributed by atoms with van der Waals surface area (Å²) < 4.78 is 0. The molecule has 1 aliphatic heterocycles. The molecule has 1 atom stereocenters. The van der Waals surface area contributed by atoms with E-state index in [4.69, 9.17) is 0 Å². The molecule has 3 heterocycles. The van der Waals surface area contributed by atoms with Gasteiger partial charge < -0.3 is 15.2 Å². The van der Waals surface area contributed by atoms with E-state index in [2.05, 4.69) is 15.3 Å². The van der Waals surface area contributed by atoms with Gasteiger partial charge in [0, 0.05) is 48.1 Å². The number of hydrogen-bond donors (Lipinski definition) is 2. The maximum atomic E-state index is 12.6. The first kappa shape index (κ1) is 15.4. The molecule has 0 bridgehead atoms. The lowest BCUT2D eigenvalue weighted by atomic mass is 10.1. The summed E-state index contributed by atoms with van der Waals surface area (Å²) in [5.41, 5.74) is 2.74. The predicted octanol–water partition coefficient (Wildman–Crippen LogP) is 2.69. The molecule has 1 fully saturated rings. The van der Waals surface area contributed by atoms with Gasteiger partial charge in [0.15, 0.2) is 0 Å². The minimum Gasteiger partial charge on any atom is -0.361 e. The number of H-pyrrole nitrogens is 1. The van der Waals surface area contributed by atoms with Crippen LogP contribution in [-0.4, -0.2) is 32.7 Å². The Morgan fingerprint density at radius 1 is 1.24 bits per heavy atom. The zero-order valence-electron chi connectivity index (χ0n) is 13.6. The first-order chi connectivity index (χ1) is 12.2. The number of aromatic nitrogens is 2. The van der Waals surface area contributed by atoms with Crippen molar-refractivity contribution in [2.24, 2.45) is 0 Å². The van der Waals surface area contributed by atoms with E-state index in [-0.39, 0.29) is 11.8 Å². The molecule has 3 aromatic rings. The Morgan fingerprint density at radius 2 is 2.04 bits per heavy atom. The van der Waals surface area contributed by atoms with Crippen LogP contribution in [0.1, 0.15) is 18.4 Å². The van der Waals surface area contributed by atoms with Crippen LogP contribution in [0.2, 0.25) is 0 Å². The van der Waals surface area contributed by atoms with Crippen LogP contribution >= 0.6 is 0 Å². The average molecular weight is 334 g/mol. The Hall–Kier alpha value is -3.15. The lowest BCUT2D eigenvalue weighted by Gasteiger charge is -2.24. The number of likely N-dealkylation sites (tertiary alicyclic amines) is 1. The normalized spacial score (nSPS) is 17.2. The lowest BCUT2D eigenvalue weighted by Crippen LogP contribution is -2.41. The first-order valence-electron chi connectivity index (χ1n) is 8.28. The Balaban J connectivity index is 1.54. The number of carbonyl (C=O) groups excluding carboxylic acids is 2. The molecule has 0 spiro atoms. The molecule has 0 saturated carbocycles. The second-order valence-electron chi connectivity index (χ2n) is 6.16. The van der Waals surface area contributed by atoms with E-state index in [1.54, 1.807) is 29.4 Å². The van der Waals surface area contributed by atoms with E-state index >= 15 is 0 Å². The topological polar surface area (TPSA) is 78.1 Å². The van der Waals surface area contributed by atoms with Crippen LogP contribution in [0, 0.1) is 0 Å². The van der Waals surface area contributed by atoms with Crippen molar-refractivity contribution in [3.05, 3.63) is 60.6 Å². The van der Waals surface area contributed by atoms with Crippen LogP contribution in [-0.2, 0) is 16.1 Å². The second-order valence-corrected chi connectivity index (χ2v) is 6.16. The molecule has 25 heavy (non-hydrogen) atoms. The van der Waals surface area contributed by atoms with Gasteiger partial charge in [-0.2, -0.15) is 0 Å². The number of hydrogen-bond acceptors (Lipinski definition) is 3. The molecule has 0 aliphatic carbocycles. The third kappa shape index (κ3) is 2.98. The van der Waals surface area contributed by atoms with Crippen molar-refractivity contribution < 1.29 is 9.59 Å². The molecule has 0 radical (unpaired) electrons. The summed E-state index contributed by atoms with van der Waals surface area (Å²) in [6, 6.07) is 11.0. The summed E-state index contributed by atoms with van der Waals surface area (Å²) >= 11 is 0. The van der Waals surface area contributed by atoms with Crippen molar-refractivity contribution in [1.29, 1.82) is 0 Å². The smallest absolute Gasteiger partial charge is 0.247 e. The number of nitrogens with one attached hydrogen (secondary N) is 2. The second kappa shape index (κ2) is 6.39. The van der Waals surface area contributed by atoms with E-state index in [1.807, 2.05) is 30.5 Å². The van der Waals surface area contributed by atoms with Gasteiger partial charge >= 0.3 is 0 Å². The highest BCUT2D eigenvalue weighted by Crippen LogP contribution is 2.26. The van der Waals surface area contributed by atoms with Crippen molar-refractivity contribution in [1.82, 2.24) is 14.9 Å². The van der Waals surface area contributed by atoms with Gasteiger partial charge in [-0.25, -0.2) is 0 Å². The molecule has 4 rings (SSSR count). The fourth-order valence-electron chi connectivity index (χ4n) is 3.31. The average Bonchev–Trinajstić information content (AvgIpc) is 3.21. The van der Waals surface area contributed by atoms with Gasteiger partial charge in [-0.05, 0) is 30.2 Å². The van der Waals surface area contributed by atoms with Crippen molar-refractivity contribution in [2.75, 3.05) is 5.32 Å². The van der Waals surface area contributed by atoms with Gasteiger partial charge in [0.1, 0.15) is 6.04 Å². The van der Waals surface area contributed by atoms with Gasteiger partial charge in [0.25, 0.3) is 0 Å². The van der Waals surface area contributed by atoms with Crippen LogP contribution in [0.5, 0.6) is 0 Å². The molecule has 126 valence electrons. The number of aromatic amines is 1. The quantitative estimate of drug-likeness (QED) is 0.770. The van der Waals surface area contributed by atoms with E-state index in [0.717, 1.165) is 16.5 Å². The summed E-state index contributed by atoms with van der Waals surface area (Å²) in [6.45, 7) is 0.428.